The van der Waals surface area contributed by atoms with E-state index in [2.05, 4.69) is 16.9 Å². The summed E-state index contributed by atoms with van der Waals surface area (Å²) in [7, 11) is 1.94. The number of rotatable bonds is 4. The molecule has 3 rings (SSSR count). The smallest absolute Gasteiger partial charge is 0.249 e. The first-order valence-electron chi connectivity index (χ1n) is 8.04. The van der Waals surface area contributed by atoms with Gasteiger partial charge in [0.25, 0.3) is 0 Å². The van der Waals surface area contributed by atoms with Gasteiger partial charge in [-0.05, 0) is 31.9 Å². The molecule has 1 aromatic carbocycles. The lowest BCUT2D eigenvalue weighted by molar-refractivity contribution is -0.118. The number of likely N-dealkylation sites (N-methyl/N-ethyl adjacent to an activating group) is 1. The quantitative estimate of drug-likeness (QED) is 0.871. The van der Waals surface area contributed by atoms with E-state index in [4.69, 9.17) is 0 Å². The molecule has 1 amide bonds. The molecule has 1 aliphatic rings. The summed E-state index contributed by atoms with van der Waals surface area (Å²) in [6.45, 7) is 4.70. The summed E-state index contributed by atoms with van der Waals surface area (Å²) >= 11 is 0. The van der Waals surface area contributed by atoms with Crippen molar-refractivity contribution in [2.24, 2.45) is 0 Å². The van der Waals surface area contributed by atoms with Crippen LogP contribution >= 0.6 is 0 Å². The van der Waals surface area contributed by atoms with Gasteiger partial charge in [-0.15, -0.1) is 0 Å². The molecule has 2 aromatic rings. The largest absolute Gasteiger partial charge is 0.347 e. The number of nitrogens with zero attached hydrogens (tertiary/aromatic N) is 4. The molecule has 0 radical (unpaired) electrons. The van der Waals surface area contributed by atoms with Crippen molar-refractivity contribution in [3.05, 3.63) is 47.9 Å². The van der Waals surface area contributed by atoms with Gasteiger partial charge in [-0.3, -0.25) is 4.79 Å². The van der Waals surface area contributed by atoms with Crippen LogP contribution in [0.5, 0.6) is 0 Å². The Hall–Kier alpha value is -2.43. The molecule has 0 saturated carbocycles. The Kier molecular flexibility index (Phi) is 4.28. The molecule has 1 saturated heterocycles. The fourth-order valence-corrected chi connectivity index (χ4v) is 3.02. The zero-order valence-corrected chi connectivity index (χ0v) is 13.9. The summed E-state index contributed by atoms with van der Waals surface area (Å²) < 4.78 is 0. The van der Waals surface area contributed by atoms with Gasteiger partial charge in [0.1, 0.15) is 17.7 Å². The van der Waals surface area contributed by atoms with Gasteiger partial charge in [0.2, 0.25) is 5.91 Å². The zero-order chi connectivity index (χ0) is 16.4. The number of amides is 1. The van der Waals surface area contributed by atoms with Gasteiger partial charge in [-0.1, -0.05) is 25.1 Å². The summed E-state index contributed by atoms with van der Waals surface area (Å²) in [6.07, 6.45) is 1.66. The molecule has 1 fully saturated rings. The molecule has 5 nitrogen and oxygen atoms in total. The average molecular weight is 310 g/mol. The lowest BCUT2D eigenvalue weighted by Crippen LogP contribution is -2.40. The summed E-state index contributed by atoms with van der Waals surface area (Å²) in [5.74, 6) is 1.70. The molecule has 2 heterocycles. The molecule has 1 atom stereocenters. The zero-order valence-electron chi connectivity index (χ0n) is 13.9. The Morgan fingerprint density at radius 2 is 2.00 bits per heavy atom. The van der Waals surface area contributed by atoms with Gasteiger partial charge >= 0.3 is 0 Å². The number of aromatic nitrogens is 2. The lowest BCUT2D eigenvalue weighted by atomic mass is 10.2. The van der Waals surface area contributed by atoms with Crippen LogP contribution in [0.15, 0.2) is 36.4 Å². The third-order valence-corrected chi connectivity index (χ3v) is 4.31. The number of carbonyl (C=O) groups excluding carboxylic acids is 1. The first-order valence-corrected chi connectivity index (χ1v) is 8.04. The number of carbonyl (C=O) groups is 1. The van der Waals surface area contributed by atoms with E-state index in [9.17, 15) is 4.79 Å². The molecule has 5 heteroatoms. The Bertz CT molecular complexity index is 701. The minimum absolute atomic E-state index is 0.132. The van der Waals surface area contributed by atoms with Crippen LogP contribution in [-0.4, -0.2) is 35.5 Å². The number of anilines is 2. The minimum atomic E-state index is -0.172. The number of hydrogen-bond acceptors (Lipinski definition) is 4. The molecular weight excluding hydrogens is 288 g/mol. The lowest BCUT2D eigenvalue weighted by Gasteiger charge is -2.25. The van der Waals surface area contributed by atoms with Crippen molar-refractivity contribution in [1.82, 2.24) is 9.97 Å². The highest BCUT2D eigenvalue weighted by atomic mass is 16.2. The number of para-hydroxylation sites is 1. The van der Waals surface area contributed by atoms with E-state index < -0.39 is 0 Å². The molecule has 1 aliphatic heterocycles. The molecule has 0 N–H and O–H groups in total. The Balaban J connectivity index is 1.83. The molecule has 23 heavy (non-hydrogen) atoms. The second-order valence-corrected chi connectivity index (χ2v) is 5.86. The normalized spacial score (nSPS) is 17.6. The van der Waals surface area contributed by atoms with Crippen molar-refractivity contribution < 1.29 is 4.79 Å². The summed E-state index contributed by atoms with van der Waals surface area (Å²) in [5.41, 5.74) is 1.96. The van der Waals surface area contributed by atoms with E-state index in [1.807, 2.05) is 60.2 Å². The molecule has 0 spiro atoms. The van der Waals surface area contributed by atoms with E-state index in [1.54, 1.807) is 0 Å². The summed E-state index contributed by atoms with van der Waals surface area (Å²) in [6, 6.07) is 11.6. The maximum Gasteiger partial charge on any atom is 0.249 e. The van der Waals surface area contributed by atoms with Crippen LogP contribution in [-0.2, 0) is 11.2 Å². The molecule has 0 bridgehead atoms. The Morgan fingerprint density at radius 3 is 2.70 bits per heavy atom. The van der Waals surface area contributed by atoms with E-state index >= 15 is 0 Å². The van der Waals surface area contributed by atoms with Crippen molar-refractivity contribution in [3.63, 3.8) is 0 Å². The highest BCUT2D eigenvalue weighted by Crippen LogP contribution is 2.26. The minimum Gasteiger partial charge on any atom is -0.347 e. The van der Waals surface area contributed by atoms with E-state index in [-0.39, 0.29) is 11.9 Å². The van der Waals surface area contributed by atoms with Crippen molar-refractivity contribution in [1.29, 1.82) is 0 Å². The summed E-state index contributed by atoms with van der Waals surface area (Å²) in [4.78, 5) is 25.6. The fraction of sp³-hybridized carbons (Fsp3) is 0.389. The molecule has 1 aromatic heterocycles. The first-order chi connectivity index (χ1) is 11.1. The van der Waals surface area contributed by atoms with Crippen LogP contribution in [0.25, 0.3) is 0 Å². The fourth-order valence-electron chi connectivity index (χ4n) is 3.02. The number of aryl methyl sites for hydroxylation is 2. The van der Waals surface area contributed by atoms with Crippen molar-refractivity contribution in [2.45, 2.75) is 32.7 Å². The monoisotopic (exact) mass is 310 g/mol. The molecule has 120 valence electrons. The van der Waals surface area contributed by atoms with Gasteiger partial charge in [-0.25, -0.2) is 9.97 Å². The standard InChI is InChI=1S/C18H22N4O/c1-4-14-12-17(20-13(2)19-14)21(3)16-10-11-22(18(16)23)15-8-6-5-7-9-15/h5-9,12,16H,4,10-11H2,1-3H3. The molecular formula is C18H22N4O. The average Bonchev–Trinajstić information content (AvgIpc) is 2.96. The molecule has 0 aliphatic carbocycles. The predicted octanol–water partition coefficient (Wildman–Crippen LogP) is 2.59. The third-order valence-electron chi connectivity index (χ3n) is 4.31. The second kappa shape index (κ2) is 6.36. The molecule has 1 unspecified atom stereocenters. The van der Waals surface area contributed by atoms with Crippen LogP contribution in [0.3, 0.4) is 0 Å². The van der Waals surface area contributed by atoms with Gasteiger partial charge in [0.15, 0.2) is 0 Å². The number of hydrogen-bond donors (Lipinski definition) is 0. The third kappa shape index (κ3) is 3.04. The highest BCUT2D eigenvalue weighted by Gasteiger charge is 2.35. The topological polar surface area (TPSA) is 49.3 Å². The van der Waals surface area contributed by atoms with Crippen molar-refractivity contribution in [2.75, 3.05) is 23.4 Å². The number of benzene rings is 1. The Morgan fingerprint density at radius 1 is 1.26 bits per heavy atom. The SMILES string of the molecule is CCc1cc(N(C)C2CCN(c3ccccc3)C2=O)nc(C)n1. The van der Waals surface area contributed by atoms with Crippen LogP contribution in [0.2, 0.25) is 0 Å². The maximum atomic E-state index is 12.8. The summed E-state index contributed by atoms with van der Waals surface area (Å²) in [5, 5.41) is 0. The van der Waals surface area contributed by atoms with Crippen LogP contribution < -0.4 is 9.80 Å². The van der Waals surface area contributed by atoms with Crippen LogP contribution in [0, 0.1) is 6.92 Å². The van der Waals surface area contributed by atoms with Gasteiger partial charge < -0.3 is 9.80 Å². The first kappa shape index (κ1) is 15.5. The van der Waals surface area contributed by atoms with Crippen LogP contribution in [0.4, 0.5) is 11.5 Å². The van der Waals surface area contributed by atoms with Crippen molar-refractivity contribution >= 4 is 17.4 Å². The van der Waals surface area contributed by atoms with Gasteiger partial charge in [-0.2, -0.15) is 0 Å². The highest BCUT2D eigenvalue weighted by molar-refractivity contribution is 6.01. The van der Waals surface area contributed by atoms with E-state index in [0.29, 0.717) is 0 Å². The van der Waals surface area contributed by atoms with Gasteiger partial charge in [0.05, 0.1) is 0 Å². The van der Waals surface area contributed by atoms with Crippen molar-refractivity contribution in [3.8, 4) is 0 Å². The Labute approximate surface area is 137 Å². The second-order valence-electron chi connectivity index (χ2n) is 5.86. The van der Waals surface area contributed by atoms with Gasteiger partial charge in [0, 0.05) is 31.0 Å². The predicted molar refractivity (Wildman–Crippen MR) is 91.8 cm³/mol. The van der Waals surface area contributed by atoms with E-state index in [0.717, 1.165) is 42.4 Å². The van der Waals surface area contributed by atoms with Crippen LogP contribution in [0.1, 0.15) is 24.9 Å². The maximum absolute atomic E-state index is 12.8. The van der Waals surface area contributed by atoms with E-state index in [1.165, 1.54) is 0 Å².